The van der Waals surface area contributed by atoms with Gasteiger partial charge in [0.2, 0.25) is 0 Å². The highest BCUT2D eigenvalue weighted by molar-refractivity contribution is 5.69. The molecule has 0 rings (SSSR count). The molecule has 0 saturated carbocycles. The minimum absolute atomic E-state index is 0.0981. The fraction of sp³-hybridized carbons (Fsp3) is 0.929. The molecule has 0 aromatic carbocycles. The molecule has 102 valence electrons. The van der Waals surface area contributed by atoms with Crippen molar-refractivity contribution in [2.24, 2.45) is 5.92 Å². The zero-order valence-electron chi connectivity index (χ0n) is 12.2. The summed E-state index contributed by atoms with van der Waals surface area (Å²) in [6, 6.07) is 0.648. The number of carbonyl (C=O) groups is 1. The molecule has 0 spiro atoms. The summed E-state index contributed by atoms with van der Waals surface area (Å²) in [4.78, 5) is 13.6. The fourth-order valence-corrected chi connectivity index (χ4v) is 2.23. The Morgan fingerprint density at radius 3 is 2.24 bits per heavy atom. The van der Waals surface area contributed by atoms with E-state index in [2.05, 4.69) is 37.3 Å². The first-order chi connectivity index (χ1) is 8.04. The summed E-state index contributed by atoms with van der Waals surface area (Å²) in [6.07, 6.45) is 3.80. The molecule has 0 heterocycles. The summed E-state index contributed by atoms with van der Waals surface area (Å²) in [6.45, 7) is 11.1. The molecule has 0 aliphatic carbocycles. The van der Waals surface area contributed by atoms with Crippen LogP contribution in [0.1, 0.15) is 53.4 Å². The van der Waals surface area contributed by atoms with Crippen LogP contribution in [-0.4, -0.2) is 37.1 Å². The van der Waals surface area contributed by atoms with Crippen molar-refractivity contribution in [1.29, 1.82) is 0 Å². The number of methoxy groups -OCH3 is 1. The first kappa shape index (κ1) is 16.4. The van der Waals surface area contributed by atoms with Gasteiger partial charge in [-0.15, -0.1) is 0 Å². The average molecular weight is 243 g/mol. The van der Waals surface area contributed by atoms with E-state index in [1.165, 1.54) is 20.0 Å². The van der Waals surface area contributed by atoms with Crippen LogP contribution in [0.25, 0.3) is 0 Å². The summed E-state index contributed by atoms with van der Waals surface area (Å²) in [5.74, 6) is 0.577. The van der Waals surface area contributed by atoms with Gasteiger partial charge in [-0.2, -0.15) is 0 Å². The Morgan fingerprint density at radius 2 is 1.82 bits per heavy atom. The number of nitrogens with zero attached hydrogens (tertiary/aromatic N) is 1. The standard InChI is InChI=1S/C14H29NO2/c1-6-13(7-2)15(11-12(3)4)10-8-9-14(16)17-5/h12-13H,6-11H2,1-5H3. The third-order valence-electron chi connectivity index (χ3n) is 3.11. The fourth-order valence-electron chi connectivity index (χ4n) is 2.23. The van der Waals surface area contributed by atoms with E-state index in [0.717, 1.165) is 19.5 Å². The van der Waals surface area contributed by atoms with Gasteiger partial charge in [-0.1, -0.05) is 27.7 Å². The quantitative estimate of drug-likeness (QED) is 0.583. The number of ether oxygens (including phenoxy) is 1. The number of rotatable bonds is 9. The van der Waals surface area contributed by atoms with Crippen LogP contribution in [0.4, 0.5) is 0 Å². The summed E-state index contributed by atoms with van der Waals surface area (Å²) in [5.41, 5.74) is 0. The van der Waals surface area contributed by atoms with Gasteiger partial charge >= 0.3 is 5.97 Å². The second-order valence-corrected chi connectivity index (χ2v) is 5.04. The van der Waals surface area contributed by atoms with Gasteiger partial charge in [0.25, 0.3) is 0 Å². The minimum atomic E-state index is -0.0981. The third-order valence-corrected chi connectivity index (χ3v) is 3.11. The first-order valence-electron chi connectivity index (χ1n) is 6.85. The van der Waals surface area contributed by atoms with E-state index in [1.807, 2.05) is 0 Å². The summed E-state index contributed by atoms with van der Waals surface area (Å²) >= 11 is 0. The van der Waals surface area contributed by atoms with Gasteiger partial charge in [-0.05, 0) is 31.7 Å². The van der Waals surface area contributed by atoms with E-state index in [1.54, 1.807) is 0 Å². The van der Waals surface area contributed by atoms with Crippen molar-refractivity contribution in [1.82, 2.24) is 4.90 Å². The highest BCUT2D eigenvalue weighted by Gasteiger charge is 2.16. The summed E-state index contributed by atoms with van der Waals surface area (Å²) in [5, 5.41) is 0. The Bertz CT molecular complexity index is 200. The van der Waals surface area contributed by atoms with Crippen LogP contribution in [0, 0.1) is 5.92 Å². The molecule has 0 N–H and O–H groups in total. The largest absolute Gasteiger partial charge is 0.469 e. The highest BCUT2D eigenvalue weighted by atomic mass is 16.5. The number of hydrogen-bond acceptors (Lipinski definition) is 3. The van der Waals surface area contributed by atoms with Gasteiger partial charge < -0.3 is 9.64 Å². The van der Waals surface area contributed by atoms with E-state index < -0.39 is 0 Å². The third kappa shape index (κ3) is 7.37. The van der Waals surface area contributed by atoms with E-state index in [9.17, 15) is 4.79 Å². The number of hydrogen-bond donors (Lipinski definition) is 0. The highest BCUT2D eigenvalue weighted by Crippen LogP contribution is 2.12. The van der Waals surface area contributed by atoms with Gasteiger partial charge in [0.15, 0.2) is 0 Å². The topological polar surface area (TPSA) is 29.5 Å². The van der Waals surface area contributed by atoms with Gasteiger partial charge in [-0.25, -0.2) is 0 Å². The van der Waals surface area contributed by atoms with Gasteiger partial charge in [0.1, 0.15) is 0 Å². The molecule has 0 bridgehead atoms. The summed E-state index contributed by atoms with van der Waals surface area (Å²) < 4.78 is 4.67. The van der Waals surface area contributed by atoms with Crippen LogP contribution >= 0.6 is 0 Å². The van der Waals surface area contributed by atoms with E-state index >= 15 is 0 Å². The molecule has 0 radical (unpaired) electrons. The summed E-state index contributed by atoms with van der Waals surface area (Å²) in [7, 11) is 1.45. The lowest BCUT2D eigenvalue weighted by atomic mass is 10.1. The van der Waals surface area contributed by atoms with Crippen LogP contribution in [0.2, 0.25) is 0 Å². The maximum atomic E-state index is 11.1. The molecule has 0 atom stereocenters. The number of esters is 1. The minimum Gasteiger partial charge on any atom is -0.469 e. The Kier molecular flexibility index (Phi) is 9.14. The molecule has 0 saturated heterocycles. The zero-order chi connectivity index (χ0) is 13.3. The Labute approximate surface area is 107 Å². The molecule has 0 aliphatic heterocycles. The van der Waals surface area contributed by atoms with Gasteiger partial charge in [-0.3, -0.25) is 4.79 Å². The van der Waals surface area contributed by atoms with E-state index in [4.69, 9.17) is 0 Å². The molecule has 0 aromatic rings. The maximum Gasteiger partial charge on any atom is 0.305 e. The second-order valence-electron chi connectivity index (χ2n) is 5.04. The van der Waals surface area contributed by atoms with Crippen molar-refractivity contribution in [2.75, 3.05) is 20.2 Å². The Morgan fingerprint density at radius 1 is 1.24 bits per heavy atom. The maximum absolute atomic E-state index is 11.1. The predicted octanol–water partition coefficient (Wildman–Crippen LogP) is 3.09. The molecule has 0 aliphatic rings. The van der Waals surface area contributed by atoms with E-state index in [0.29, 0.717) is 18.4 Å². The zero-order valence-corrected chi connectivity index (χ0v) is 12.2. The second kappa shape index (κ2) is 9.46. The normalized spacial score (nSPS) is 11.5. The SMILES string of the molecule is CCC(CC)N(CCCC(=O)OC)CC(C)C. The van der Waals surface area contributed by atoms with Crippen LogP contribution in [-0.2, 0) is 9.53 Å². The van der Waals surface area contributed by atoms with Crippen molar-refractivity contribution in [3.63, 3.8) is 0 Å². The van der Waals surface area contributed by atoms with Crippen molar-refractivity contribution < 1.29 is 9.53 Å². The molecule has 3 heteroatoms. The van der Waals surface area contributed by atoms with Crippen molar-refractivity contribution in [2.45, 2.75) is 59.4 Å². The van der Waals surface area contributed by atoms with Crippen molar-refractivity contribution in [3.05, 3.63) is 0 Å². The lowest BCUT2D eigenvalue weighted by Crippen LogP contribution is -2.38. The van der Waals surface area contributed by atoms with Gasteiger partial charge in [0, 0.05) is 19.0 Å². The molecule has 0 unspecified atom stereocenters. The first-order valence-corrected chi connectivity index (χ1v) is 6.85. The van der Waals surface area contributed by atoms with Gasteiger partial charge in [0.05, 0.1) is 7.11 Å². The van der Waals surface area contributed by atoms with Crippen LogP contribution in [0.3, 0.4) is 0 Å². The molecule has 0 fully saturated rings. The molecule has 3 nitrogen and oxygen atoms in total. The van der Waals surface area contributed by atoms with Crippen LogP contribution in [0.15, 0.2) is 0 Å². The monoisotopic (exact) mass is 243 g/mol. The molecular formula is C14H29NO2. The Balaban J connectivity index is 4.13. The molecule has 17 heavy (non-hydrogen) atoms. The molecule has 0 aromatic heterocycles. The lowest BCUT2D eigenvalue weighted by molar-refractivity contribution is -0.140. The Hall–Kier alpha value is -0.570. The predicted molar refractivity (Wildman–Crippen MR) is 72.0 cm³/mol. The van der Waals surface area contributed by atoms with Crippen molar-refractivity contribution >= 4 is 5.97 Å². The van der Waals surface area contributed by atoms with Crippen LogP contribution in [0.5, 0.6) is 0 Å². The molecule has 0 amide bonds. The average Bonchev–Trinajstić information content (AvgIpc) is 2.29. The lowest BCUT2D eigenvalue weighted by Gasteiger charge is -2.31. The van der Waals surface area contributed by atoms with Crippen LogP contribution < -0.4 is 0 Å². The van der Waals surface area contributed by atoms with E-state index in [-0.39, 0.29) is 5.97 Å². The van der Waals surface area contributed by atoms with Crippen molar-refractivity contribution in [3.8, 4) is 0 Å². The number of carbonyl (C=O) groups excluding carboxylic acids is 1. The smallest absolute Gasteiger partial charge is 0.305 e. The molecular weight excluding hydrogens is 214 g/mol.